The molecule has 0 saturated carbocycles. The number of nitrogens with zero attached hydrogens (tertiary/aromatic N) is 3. The minimum atomic E-state index is -3.72. The second-order valence-corrected chi connectivity index (χ2v) is 6.13. The number of rotatable bonds is 4. The van der Waals surface area contributed by atoms with E-state index in [0.717, 1.165) is 0 Å². The zero-order valence-electron chi connectivity index (χ0n) is 11.5. The van der Waals surface area contributed by atoms with E-state index in [1.54, 1.807) is 37.8 Å². The Morgan fingerprint density at radius 3 is 2.55 bits per heavy atom. The lowest BCUT2D eigenvalue weighted by molar-refractivity contribution is 0.298. The Morgan fingerprint density at radius 2 is 2.00 bits per heavy atom. The van der Waals surface area contributed by atoms with E-state index in [9.17, 15) is 8.42 Å². The molecular formula is C12H16N4O3S. The van der Waals surface area contributed by atoms with Crippen molar-refractivity contribution in [3.05, 3.63) is 35.2 Å². The highest BCUT2D eigenvalue weighted by Crippen LogP contribution is 2.25. The smallest absolute Gasteiger partial charge is 0.238 e. The maximum atomic E-state index is 11.4. The zero-order valence-corrected chi connectivity index (χ0v) is 12.3. The number of sulfonamides is 1. The van der Waals surface area contributed by atoms with Crippen molar-refractivity contribution in [1.82, 2.24) is 15.0 Å². The molecule has 0 bridgehead atoms. The molecule has 2 aromatic rings. The third-order valence-electron chi connectivity index (χ3n) is 2.80. The van der Waals surface area contributed by atoms with Crippen molar-refractivity contribution in [3.8, 4) is 5.75 Å². The van der Waals surface area contributed by atoms with Gasteiger partial charge in [-0.1, -0.05) is 5.21 Å². The van der Waals surface area contributed by atoms with Gasteiger partial charge in [0, 0.05) is 7.05 Å². The van der Waals surface area contributed by atoms with Crippen LogP contribution in [0.3, 0.4) is 0 Å². The van der Waals surface area contributed by atoms with E-state index >= 15 is 0 Å². The number of hydrogen-bond acceptors (Lipinski definition) is 5. The Hall–Kier alpha value is -1.93. The molecule has 1 aromatic heterocycles. The normalized spacial score (nSPS) is 11.6. The second kappa shape index (κ2) is 5.22. The molecule has 20 heavy (non-hydrogen) atoms. The van der Waals surface area contributed by atoms with Crippen LogP contribution in [0.1, 0.15) is 16.8 Å². The molecule has 0 radical (unpaired) electrons. The first-order valence-electron chi connectivity index (χ1n) is 5.89. The van der Waals surface area contributed by atoms with E-state index in [0.29, 0.717) is 22.6 Å². The average Bonchev–Trinajstić information content (AvgIpc) is 2.74. The van der Waals surface area contributed by atoms with Gasteiger partial charge in [-0.05, 0) is 37.1 Å². The molecule has 1 heterocycles. The fraction of sp³-hybridized carbons (Fsp3) is 0.333. The van der Waals surface area contributed by atoms with Crippen molar-refractivity contribution in [2.45, 2.75) is 25.3 Å². The molecule has 8 heteroatoms. The van der Waals surface area contributed by atoms with Crippen LogP contribution in [0.5, 0.6) is 5.75 Å². The average molecular weight is 296 g/mol. The predicted octanol–water partition coefficient (Wildman–Crippen LogP) is 0.658. The van der Waals surface area contributed by atoms with Gasteiger partial charge in [0.2, 0.25) is 10.0 Å². The third-order valence-corrected chi connectivity index (χ3v) is 3.86. The SMILES string of the molecule is Cc1cc(S(N)(=O)=O)c(C)cc1OCc1cn(C)nn1. The summed E-state index contributed by atoms with van der Waals surface area (Å²) in [7, 11) is -1.95. The van der Waals surface area contributed by atoms with Crippen molar-refractivity contribution in [2.24, 2.45) is 12.2 Å². The summed E-state index contributed by atoms with van der Waals surface area (Å²) in [4.78, 5) is 0.113. The molecule has 108 valence electrons. The Labute approximate surface area is 117 Å². The number of nitrogens with two attached hydrogens (primary N) is 1. The predicted molar refractivity (Wildman–Crippen MR) is 72.6 cm³/mol. The van der Waals surface area contributed by atoms with E-state index in [2.05, 4.69) is 10.3 Å². The largest absolute Gasteiger partial charge is 0.487 e. The van der Waals surface area contributed by atoms with Crippen LogP contribution in [-0.4, -0.2) is 23.4 Å². The topological polar surface area (TPSA) is 100 Å². The van der Waals surface area contributed by atoms with Crippen molar-refractivity contribution in [2.75, 3.05) is 0 Å². The fourth-order valence-electron chi connectivity index (χ4n) is 1.84. The molecule has 0 spiro atoms. The summed E-state index contributed by atoms with van der Waals surface area (Å²) in [5.74, 6) is 0.598. The van der Waals surface area contributed by atoms with Crippen LogP contribution in [0.15, 0.2) is 23.2 Å². The van der Waals surface area contributed by atoms with Gasteiger partial charge in [0.05, 0.1) is 11.1 Å². The number of aryl methyl sites for hydroxylation is 3. The van der Waals surface area contributed by atoms with Crippen molar-refractivity contribution < 1.29 is 13.2 Å². The van der Waals surface area contributed by atoms with Crippen LogP contribution in [-0.2, 0) is 23.7 Å². The second-order valence-electron chi connectivity index (χ2n) is 4.60. The number of aromatic nitrogens is 3. The molecule has 0 aliphatic carbocycles. The summed E-state index contributed by atoms with van der Waals surface area (Å²) in [5, 5.41) is 12.9. The molecule has 0 aliphatic heterocycles. The highest BCUT2D eigenvalue weighted by atomic mass is 32.2. The first kappa shape index (κ1) is 14.5. The van der Waals surface area contributed by atoms with E-state index in [1.807, 2.05) is 0 Å². The number of ether oxygens (including phenoxy) is 1. The monoisotopic (exact) mass is 296 g/mol. The lowest BCUT2D eigenvalue weighted by atomic mass is 10.1. The van der Waals surface area contributed by atoms with Crippen LogP contribution in [0.25, 0.3) is 0 Å². The van der Waals surface area contributed by atoms with Crippen molar-refractivity contribution in [3.63, 3.8) is 0 Å². The fourth-order valence-corrected chi connectivity index (χ4v) is 2.69. The van der Waals surface area contributed by atoms with Gasteiger partial charge in [-0.3, -0.25) is 4.68 Å². The summed E-state index contributed by atoms with van der Waals surface area (Å²) in [6.45, 7) is 3.71. The van der Waals surface area contributed by atoms with Gasteiger partial charge in [0.15, 0.2) is 0 Å². The van der Waals surface area contributed by atoms with Crippen LogP contribution >= 0.6 is 0 Å². The number of hydrogen-bond donors (Lipinski definition) is 1. The molecule has 0 amide bonds. The van der Waals surface area contributed by atoms with E-state index in [4.69, 9.17) is 9.88 Å². The zero-order chi connectivity index (χ0) is 14.9. The molecule has 0 atom stereocenters. The quantitative estimate of drug-likeness (QED) is 0.893. The summed E-state index contributed by atoms with van der Waals surface area (Å²) in [6, 6.07) is 3.17. The summed E-state index contributed by atoms with van der Waals surface area (Å²) in [6.07, 6.45) is 1.75. The van der Waals surface area contributed by atoms with E-state index in [-0.39, 0.29) is 11.5 Å². The molecule has 2 rings (SSSR count). The van der Waals surface area contributed by atoms with E-state index < -0.39 is 10.0 Å². The molecule has 7 nitrogen and oxygen atoms in total. The first-order chi connectivity index (χ1) is 9.27. The van der Waals surface area contributed by atoms with Crippen LogP contribution in [0.2, 0.25) is 0 Å². The third kappa shape index (κ3) is 3.14. The molecule has 1 aromatic carbocycles. The van der Waals surface area contributed by atoms with Gasteiger partial charge in [0.1, 0.15) is 18.1 Å². The van der Waals surface area contributed by atoms with Crippen molar-refractivity contribution >= 4 is 10.0 Å². The van der Waals surface area contributed by atoms with Gasteiger partial charge >= 0.3 is 0 Å². The Bertz CT molecular complexity index is 737. The van der Waals surface area contributed by atoms with Crippen LogP contribution in [0, 0.1) is 13.8 Å². The molecule has 0 aliphatic rings. The Balaban J connectivity index is 2.23. The summed E-state index contributed by atoms with van der Waals surface area (Å²) >= 11 is 0. The maximum absolute atomic E-state index is 11.4. The molecular weight excluding hydrogens is 280 g/mol. The minimum absolute atomic E-state index is 0.113. The lowest BCUT2D eigenvalue weighted by Crippen LogP contribution is -2.14. The standard InChI is InChI=1S/C12H16N4O3S/c1-8-5-12(20(13,17)18)9(2)4-11(8)19-7-10-6-16(3)15-14-10/h4-6H,7H2,1-3H3,(H2,13,17,18). The maximum Gasteiger partial charge on any atom is 0.238 e. The highest BCUT2D eigenvalue weighted by Gasteiger charge is 2.14. The highest BCUT2D eigenvalue weighted by molar-refractivity contribution is 7.89. The Morgan fingerprint density at radius 1 is 1.30 bits per heavy atom. The Kier molecular flexibility index (Phi) is 3.78. The summed E-state index contributed by atoms with van der Waals surface area (Å²) in [5.41, 5.74) is 1.94. The van der Waals surface area contributed by atoms with Crippen molar-refractivity contribution in [1.29, 1.82) is 0 Å². The van der Waals surface area contributed by atoms with E-state index in [1.165, 1.54) is 6.07 Å². The van der Waals surface area contributed by atoms with Crippen LogP contribution in [0.4, 0.5) is 0 Å². The lowest BCUT2D eigenvalue weighted by Gasteiger charge is -2.11. The van der Waals surface area contributed by atoms with Gasteiger partial charge in [-0.25, -0.2) is 13.6 Å². The van der Waals surface area contributed by atoms with Gasteiger partial charge in [-0.2, -0.15) is 0 Å². The molecule has 0 fully saturated rings. The van der Waals surface area contributed by atoms with Gasteiger partial charge < -0.3 is 4.74 Å². The minimum Gasteiger partial charge on any atom is -0.487 e. The first-order valence-corrected chi connectivity index (χ1v) is 7.44. The van der Waals surface area contributed by atoms with Crippen LogP contribution < -0.4 is 9.88 Å². The number of primary sulfonamides is 1. The summed E-state index contributed by atoms with van der Waals surface area (Å²) < 4.78 is 30.0. The molecule has 0 unspecified atom stereocenters. The van der Waals surface area contributed by atoms with Gasteiger partial charge in [0.25, 0.3) is 0 Å². The number of benzene rings is 1. The molecule has 2 N–H and O–H groups in total. The van der Waals surface area contributed by atoms with Gasteiger partial charge in [-0.15, -0.1) is 5.10 Å². The molecule has 0 saturated heterocycles.